The quantitative estimate of drug-likeness (QED) is 0.279. The van der Waals surface area contributed by atoms with Gasteiger partial charge in [-0.25, -0.2) is 27.2 Å². The van der Waals surface area contributed by atoms with Crippen LogP contribution in [-0.4, -0.2) is 74.4 Å². The largest absolute Gasteiger partial charge is 0.480 e. The molecule has 0 atom stereocenters. The number of benzene rings is 1. The van der Waals surface area contributed by atoms with Gasteiger partial charge in [-0.05, 0) is 44.1 Å². The van der Waals surface area contributed by atoms with Gasteiger partial charge < -0.3 is 9.64 Å². The van der Waals surface area contributed by atoms with Crippen molar-refractivity contribution >= 4 is 21.4 Å². The van der Waals surface area contributed by atoms with Crippen molar-refractivity contribution in [1.82, 2.24) is 39.2 Å². The summed E-state index contributed by atoms with van der Waals surface area (Å²) in [6.45, 7) is 3.86. The van der Waals surface area contributed by atoms with Crippen LogP contribution in [0.5, 0.6) is 5.88 Å². The van der Waals surface area contributed by atoms with E-state index in [0.29, 0.717) is 34.4 Å². The Balaban J connectivity index is 1.29. The maximum absolute atomic E-state index is 14.2. The minimum absolute atomic E-state index is 0.0465. The van der Waals surface area contributed by atoms with Gasteiger partial charge in [-0.2, -0.15) is 0 Å². The molecule has 1 aliphatic heterocycles. The molecule has 0 unspecified atom stereocenters. The van der Waals surface area contributed by atoms with Crippen LogP contribution in [0.1, 0.15) is 12.8 Å². The maximum Gasteiger partial charge on any atom is 0.264 e. The Morgan fingerprint density at radius 1 is 0.976 bits per heavy atom. The van der Waals surface area contributed by atoms with E-state index in [1.54, 1.807) is 23.0 Å². The summed E-state index contributed by atoms with van der Waals surface area (Å²) in [5.74, 6) is -2.17. The molecular formula is C26H25F2N9O3S. The molecule has 0 spiro atoms. The predicted octanol–water partition coefficient (Wildman–Crippen LogP) is 3.23. The molecule has 1 fully saturated rings. The van der Waals surface area contributed by atoms with Crippen molar-refractivity contribution in [2.24, 2.45) is 0 Å². The minimum atomic E-state index is -4.44. The molecule has 1 aromatic carbocycles. The van der Waals surface area contributed by atoms with E-state index in [4.69, 9.17) is 4.74 Å². The minimum Gasteiger partial charge on any atom is -0.480 e. The van der Waals surface area contributed by atoms with E-state index in [2.05, 4.69) is 34.9 Å². The Morgan fingerprint density at radius 2 is 1.80 bits per heavy atom. The second-order valence-corrected chi connectivity index (χ2v) is 11.2. The highest BCUT2D eigenvalue weighted by molar-refractivity contribution is 7.92. The number of halogens is 2. The van der Waals surface area contributed by atoms with E-state index in [1.807, 2.05) is 10.9 Å². The lowest BCUT2D eigenvalue weighted by atomic mass is 10.2. The average Bonchev–Trinajstić information content (AvgIpc) is 3.72. The molecule has 0 saturated carbocycles. The van der Waals surface area contributed by atoms with Crippen LogP contribution in [0.15, 0.2) is 60.1 Å². The van der Waals surface area contributed by atoms with Gasteiger partial charge in [-0.15, -0.1) is 5.10 Å². The second-order valence-electron chi connectivity index (χ2n) is 9.52. The number of methoxy groups -OCH3 is 1. The Morgan fingerprint density at radius 3 is 2.59 bits per heavy atom. The SMILES string of the molecule is COc1ncc(-c2cn3c(-c4cn(CCN5CCCC5)nn4)cnc3cn2)cc1NS(=O)(=O)c1ccc(F)cc1F. The van der Waals surface area contributed by atoms with Gasteiger partial charge in [0.1, 0.15) is 27.9 Å². The summed E-state index contributed by atoms with van der Waals surface area (Å²) in [5.41, 5.74) is 2.75. The van der Waals surface area contributed by atoms with Crippen LogP contribution in [-0.2, 0) is 16.6 Å². The zero-order chi connectivity index (χ0) is 28.6. The molecule has 1 aliphatic rings. The molecular weight excluding hydrogens is 556 g/mol. The lowest BCUT2D eigenvalue weighted by molar-refractivity contribution is 0.314. The highest BCUT2D eigenvalue weighted by Crippen LogP contribution is 2.30. The van der Waals surface area contributed by atoms with Crippen LogP contribution in [0.2, 0.25) is 0 Å². The number of ether oxygens (including phenoxy) is 1. The van der Waals surface area contributed by atoms with E-state index in [0.717, 1.165) is 38.3 Å². The number of likely N-dealkylation sites (tertiary alicyclic amines) is 1. The fourth-order valence-corrected chi connectivity index (χ4v) is 5.83. The Hall–Kier alpha value is -4.50. The monoisotopic (exact) mass is 581 g/mol. The third-order valence-corrected chi connectivity index (χ3v) is 8.21. The molecule has 6 rings (SSSR count). The van der Waals surface area contributed by atoms with Gasteiger partial charge in [-0.3, -0.25) is 18.8 Å². The van der Waals surface area contributed by atoms with Crippen LogP contribution >= 0.6 is 0 Å². The lowest BCUT2D eigenvalue weighted by Crippen LogP contribution is -2.24. The van der Waals surface area contributed by atoms with E-state index < -0.39 is 26.6 Å². The molecule has 15 heteroatoms. The first kappa shape index (κ1) is 26.7. The van der Waals surface area contributed by atoms with E-state index in [1.165, 1.54) is 32.2 Å². The van der Waals surface area contributed by atoms with Crippen molar-refractivity contribution in [3.63, 3.8) is 0 Å². The molecule has 0 radical (unpaired) electrons. The molecule has 0 aliphatic carbocycles. The van der Waals surface area contributed by atoms with Gasteiger partial charge in [-0.1, -0.05) is 5.21 Å². The van der Waals surface area contributed by atoms with Crippen molar-refractivity contribution in [2.75, 3.05) is 31.5 Å². The topological polar surface area (TPSA) is 132 Å². The molecule has 5 aromatic rings. The number of nitrogens with zero attached hydrogens (tertiary/aromatic N) is 8. The van der Waals surface area contributed by atoms with Crippen LogP contribution in [0.4, 0.5) is 14.5 Å². The van der Waals surface area contributed by atoms with Gasteiger partial charge in [0.05, 0.1) is 43.6 Å². The number of anilines is 1. The smallest absolute Gasteiger partial charge is 0.264 e. The predicted molar refractivity (Wildman–Crippen MR) is 145 cm³/mol. The molecule has 0 bridgehead atoms. The number of imidazole rings is 1. The van der Waals surface area contributed by atoms with Crippen molar-refractivity contribution in [3.05, 3.63) is 66.9 Å². The summed E-state index contributed by atoms with van der Waals surface area (Å²) < 4.78 is 64.5. The highest BCUT2D eigenvalue weighted by Gasteiger charge is 2.23. The van der Waals surface area contributed by atoms with E-state index >= 15 is 0 Å². The number of nitrogens with one attached hydrogen (secondary N) is 1. The average molecular weight is 582 g/mol. The third kappa shape index (κ3) is 5.45. The van der Waals surface area contributed by atoms with Gasteiger partial charge >= 0.3 is 0 Å². The van der Waals surface area contributed by atoms with Gasteiger partial charge in [0.15, 0.2) is 5.65 Å². The molecule has 0 amide bonds. The summed E-state index contributed by atoms with van der Waals surface area (Å²) in [6, 6.07) is 3.66. The number of rotatable bonds is 9. The van der Waals surface area contributed by atoms with Crippen LogP contribution in [0.25, 0.3) is 28.3 Å². The standard InChI is InChI=1S/C26H25F2N9O3S/c1-40-26-20(33-41(38,39)24-5-4-18(27)11-19(24)28)10-17(12-31-26)21-16-37-23(13-30-25(37)14-29-21)22-15-36(34-32-22)9-8-35-6-2-3-7-35/h4-5,10-16,33H,2-3,6-9H2,1H3. The lowest BCUT2D eigenvalue weighted by Gasteiger charge is -2.13. The Labute approximate surface area is 233 Å². The molecule has 212 valence electrons. The van der Waals surface area contributed by atoms with Crippen molar-refractivity contribution in [2.45, 2.75) is 24.3 Å². The van der Waals surface area contributed by atoms with Crippen LogP contribution < -0.4 is 9.46 Å². The summed E-state index contributed by atoms with van der Waals surface area (Å²) in [4.78, 5) is 14.7. The number of pyridine rings is 1. The number of sulfonamides is 1. The molecule has 12 nitrogen and oxygen atoms in total. The second kappa shape index (κ2) is 10.8. The molecule has 1 saturated heterocycles. The zero-order valence-electron chi connectivity index (χ0n) is 21.9. The van der Waals surface area contributed by atoms with Crippen LogP contribution in [0.3, 0.4) is 0 Å². The van der Waals surface area contributed by atoms with Gasteiger partial charge in [0.25, 0.3) is 10.0 Å². The summed E-state index contributed by atoms with van der Waals surface area (Å²) in [7, 11) is -3.12. The number of aromatic nitrogens is 7. The first-order valence-corrected chi connectivity index (χ1v) is 14.3. The first-order chi connectivity index (χ1) is 19.8. The van der Waals surface area contributed by atoms with Crippen LogP contribution in [0, 0.1) is 11.6 Å². The van der Waals surface area contributed by atoms with E-state index in [9.17, 15) is 17.2 Å². The maximum atomic E-state index is 14.2. The molecule has 5 heterocycles. The van der Waals surface area contributed by atoms with Crippen molar-refractivity contribution < 1.29 is 21.9 Å². The molecule has 4 aromatic heterocycles. The highest BCUT2D eigenvalue weighted by atomic mass is 32.2. The third-order valence-electron chi connectivity index (χ3n) is 6.81. The van der Waals surface area contributed by atoms with Gasteiger partial charge in [0.2, 0.25) is 5.88 Å². The number of fused-ring (bicyclic) bond motifs is 1. The van der Waals surface area contributed by atoms with Crippen molar-refractivity contribution in [1.29, 1.82) is 0 Å². The fraction of sp³-hybridized carbons (Fsp3) is 0.269. The van der Waals surface area contributed by atoms with E-state index in [-0.39, 0.29) is 11.6 Å². The fourth-order valence-electron chi connectivity index (χ4n) is 4.72. The van der Waals surface area contributed by atoms with Gasteiger partial charge in [0, 0.05) is 30.6 Å². The Bertz CT molecular complexity index is 1840. The molecule has 1 N–H and O–H groups in total. The Kier molecular flexibility index (Phi) is 7.05. The summed E-state index contributed by atoms with van der Waals surface area (Å²) in [6.07, 6.45) is 10.8. The normalized spacial score (nSPS) is 14.1. The summed E-state index contributed by atoms with van der Waals surface area (Å²) in [5, 5.41) is 8.60. The number of hydrogen-bond acceptors (Lipinski definition) is 9. The first-order valence-electron chi connectivity index (χ1n) is 12.8. The number of hydrogen-bond donors (Lipinski definition) is 1. The molecule has 41 heavy (non-hydrogen) atoms. The summed E-state index contributed by atoms with van der Waals surface area (Å²) >= 11 is 0. The zero-order valence-corrected chi connectivity index (χ0v) is 22.7. The van der Waals surface area contributed by atoms with Crippen molar-refractivity contribution in [3.8, 4) is 28.5 Å².